The summed E-state index contributed by atoms with van der Waals surface area (Å²) in [5.41, 5.74) is 0.0169. The van der Waals surface area contributed by atoms with Crippen LogP contribution in [0.3, 0.4) is 0 Å². The highest BCUT2D eigenvalue weighted by Gasteiger charge is 2.16. The van der Waals surface area contributed by atoms with Gasteiger partial charge in [-0.1, -0.05) is 41.4 Å². The zero-order chi connectivity index (χ0) is 15.0. The predicted octanol–water partition coefficient (Wildman–Crippen LogP) is 4.18. The minimum atomic E-state index is -0.463. The number of H-pyrrole nitrogens is 1. The lowest BCUT2D eigenvalue weighted by Gasteiger charge is -2.06. The van der Waals surface area contributed by atoms with Crippen molar-refractivity contribution < 1.29 is 5.11 Å². The third-order valence-electron chi connectivity index (χ3n) is 2.84. The van der Waals surface area contributed by atoms with Gasteiger partial charge in [-0.25, -0.2) is 0 Å². The van der Waals surface area contributed by atoms with E-state index in [1.807, 2.05) is 0 Å². The Labute approximate surface area is 133 Å². The van der Waals surface area contributed by atoms with Crippen LogP contribution in [0.15, 0.2) is 40.5 Å². The number of nitrogens with zero attached hydrogens (tertiary/aromatic N) is 1. The summed E-state index contributed by atoms with van der Waals surface area (Å²) in [5, 5.41) is 12.7. The molecule has 0 fully saturated rings. The van der Waals surface area contributed by atoms with E-state index < -0.39 is 5.56 Å². The normalized spacial score (nSPS) is 10.8. The summed E-state index contributed by atoms with van der Waals surface area (Å²) in [5.74, 6) is -0.100. The van der Waals surface area contributed by atoms with Gasteiger partial charge in [-0.2, -0.15) is 4.98 Å². The first kappa shape index (κ1) is 14.1. The highest BCUT2D eigenvalue weighted by atomic mass is 35.5. The van der Waals surface area contributed by atoms with Gasteiger partial charge in [-0.3, -0.25) is 4.79 Å². The van der Waals surface area contributed by atoms with Crippen LogP contribution < -0.4 is 5.56 Å². The number of aromatic nitrogens is 2. The first-order chi connectivity index (χ1) is 10.1. The molecule has 0 spiro atoms. The lowest BCUT2D eigenvalue weighted by Crippen LogP contribution is -2.12. The molecule has 0 aliphatic rings. The smallest absolute Gasteiger partial charge is 0.263 e. The monoisotopic (exact) mass is 338 g/mol. The molecular weight excluding hydrogens is 331 g/mol. The standard InChI is InChI=1S/C14H8Cl2N2O2S/c15-7-5-10(21-6-7)12-17-13(19)11(14(20)18-12)8-3-1-2-4-9(8)16/h1-6H,(H2,17,18,19,20). The molecule has 0 unspecified atom stereocenters. The lowest BCUT2D eigenvalue weighted by molar-refractivity contribution is 0.454. The molecule has 2 heterocycles. The van der Waals surface area contributed by atoms with E-state index in [-0.39, 0.29) is 17.3 Å². The molecule has 0 aliphatic heterocycles. The molecule has 1 aromatic carbocycles. The van der Waals surface area contributed by atoms with Gasteiger partial charge in [0, 0.05) is 16.0 Å². The van der Waals surface area contributed by atoms with Crippen LogP contribution >= 0.6 is 34.5 Å². The maximum atomic E-state index is 12.3. The Balaban J connectivity index is 2.18. The van der Waals surface area contributed by atoms with Crippen molar-refractivity contribution in [3.8, 4) is 27.7 Å². The SMILES string of the molecule is O=c1[nH]c(-c2cc(Cl)cs2)nc(O)c1-c1ccccc1Cl. The van der Waals surface area contributed by atoms with E-state index in [0.29, 0.717) is 20.5 Å². The van der Waals surface area contributed by atoms with Crippen molar-refractivity contribution in [3.63, 3.8) is 0 Å². The van der Waals surface area contributed by atoms with Gasteiger partial charge in [0.1, 0.15) is 5.56 Å². The number of rotatable bonds is 2. The van der Waals surface area contributed by atoms with Crippen molar-refractivity contribution in [2.45, 2.75) is 0 Å². The molecule has 21 heavy (non-hydrogen) atoms. The number of aromatic hydroxyl groups is 1. The highest BCUT2D eigenvalue weighted by molar-refractivity contribution is 7.14. The molecule has 0 atom stereocenters. The van der Waals surface area contributed by atoms with Gasteiger partial charge in [0.05, 0.1) is 9.90 Å². The van der Waals surface area contributed by atoms with Crippen molar-refractivity contribution in [1.29, 1.82) is 0 Å². The Hall–Kier alpha value is -1.82. The van der Waals surface area contributed by atoms with Crippen LogP contribution in [0.25, 0.3) is 21.8 Å². The van der Waals surface area contributed by atoms with E-state index >= 15 is 0 Å². The van der Waals surface area contributed by atoms with Crippen LogP contribution in [0.5, 0.6) is 5.88 Å². The average Bonchev–Trinajstić information content (AvgIpc) is 2.87. The molecule has 7 heteroatoms. The summed E-state index contributed by atoms with van der Waals surface area (Å²) >= 11 is 13.2. The Morgan fingerprint density at radius 1 is 1.24 bits per heavy atom. The average molecular weight is 339 g/mol. The summed E-state index contributed by atoms with van der Waals surface area (Å²) < 4.78 is 0. The zero-order valence-corrected chi connectivity index (χ0v) is 12.8. The van der Waals surface area contributed by atoms with Crippen LogP contribution in [0.2, 0.25) is 10.0 Å². The van der Waals surface area contributed by atoms with Crippen LogP contribution in [-0.2, 0) is 0 Å². The second-order valence-electron chi connectivity index (χ2n) is 4.22. The summed E-state index contributed by atoms with van der Waals surface area (Å²) in [6.45, 7) is 0. The number of thiophene rings is 1. The van der Waals surface area contributed by atoms with Crippen LogP contribution in [0, 0.1) is 0 Å². The topological polar surface area (TPSA) is 66.0 Å². The fourth-order valence-electron chi connectivity index (χ4n) is 1.92. The molecule has 0 aliphatic carbocycles. The van der Waals surface area contributed by atoms with Gasteiger partial charge >= 0.3 is 0 Å². The van der Waals surface area contributed by atoms with Crippen molar-refractivity contribution in [2.75, 3.05) is 0 Å². The number of halogens is 2. The fraction of sp³-hybridized carbons (Fsp3) is 0. The Morgan fingerprint density at radius 2 is 2.00 bits per heavy atom. The first-order valence-electron chi connectivity index (χ1n) is 5.89. The van der Waals surface area contributed by atoms with E-state index in [1.165, 1.54) is 11.3 Å². The van der Waals surface area contributed by atoms with Gasteiger partial charge in [0.25, 0.3) is 5.56 Å². The van der Waals surface area contributed by atoms with Crippen molar-refractivity contribution in [1.82, 2.24) is 9.97 Å². The van der Waals surface area contributed by atoms with E-state index in [4.69, 9.17) is 23.2 Å². The first-order valence-corrected chi connectivity index (χ1v) is 7.52. The number of nitrogens with one attached hydrogen (secondary N) is 1. The molecule has 106 valence electrons. The summed E-state index contributed by atoms with van der Waals surface area (Å²) in [7, 11) is 0. The molecule has 0 bridgehead atoms. The molecule has 0 radical (unpaired) electrons. The minimum Gasteiger partial charge on any atom is -0.493 e. The fourth-order valence-corrected chi connectivity index (χ4v) is 3.17. The molecule has 2 aromatic heterocycles. The van der Waals surface area contributed by atoms with Gasteiger partial charge in [-0.05, 0) is 12.1 Å². The molecule has 0 saturated heterocycles. The van der Waals surface area contributed by atoms with Crippen LogP contribution in [0.1, 0.15) is 0 Å². The Morgan fingerprint density at radius 3 is 2.62 bits per heavy atom. The second-order valence-corrected chi connectivity index (χ2v) is 5.98. The second kappa shape index (κ2) is 5.52. The Bertz CT molecular complexity index is 873. The van der Waals surface area contributed by atoms with Crippen molar-refractivity contribution in [2.24, 2.45) is 0 Å². The number of hydrogen-bond donors (Lipinski definition) is 2. The quantitative estimate of drug-likeness (QED) is 0.736. The molecular formula is C14H8Cl2N2O2S. The molecule has 4 nitrogen and oxygen atoms in total. The van der Waals surface area contributed by atoms with Gasteiger partial charge in [0.2, 0.25) is 5.88 Å². The van der Waals surface area contributed by atoms with Gasteiger partial charge in [0.15, 0.2) is 5.82 Å². The van der Waals surface area contributed by atoms with E-state index in [1.54, 1.807) is 35.7 Å². The van der Waals surface area contributed by atoms with Gasteiger partial charge in [-0.15, -0.1) is 11.3 Å². The van der Waals surface area contributed by atoms with E-state index in [2.05, 4.69) is 9.97 Å². The number of aromatic amines is 1. The van der Waals surface area contributed by atoms with E-state index in [9.17, 15) is 9.90 Å². The third-order valence-corrected chi connectivity index (χ3v) is 4.46. The molecule has 2 N–H and O–H groups in total. The molecule has 3 aromatic rings. The predicted molar refractivity (Wildman–Crippen MR) is 85.3 cm³/mol. The van der Waals surface area contributed by atoms with Crippen molar-refractivity contribution >= 4 is 34.5 Å². The van der Waals surface area contributed by atoms with E-state index in [0.717, 1.165) is 0 Å². The molecule has 0 amide bonds. The summed E-state index contributed by atoms with van der Waals surface area (Å²) in [6, 6.07) is 8.43. The Kier molecular flexibility index (Phi) is 3.71. The maximum Gasteiger partial charge on any atom is 0.263 e. The van der Waals surface area contributed by atoms with Crippen LogP contribution in [-0.4, -0.2) is 15.1 Å². The minimum absolute atomic E-state index is 0.0482. The largest absolute Gasteiger partial charge is 0.493 e. The van der Waals surface area contributed by atoms with Gasteiger partial charge < -0.3 is 10.1 Å². The summed E-state index contributed by atoms with van der Waals surface area (Å²) in [6.07, 6.45) is 0. The zero-order valence-electron chi connectivity index (χ0n) is 10.4. The molecule has 3 rings (SSSR count). The maximum absolute atomic E-state index is 12.3. The summed E-state index contributed by atoms with van der Waals surface area (Å²) in [4.78, 5) is 19.6. The highest BCUT2D eigenvalue weighted by Crippen LogP contribution is 2.32. The lowest BCUT2D eigenvalue weighted by atomic mass is 10.1. The third kappa shape index (κ3) is 2.68. The number of hydrogen-bond acceptors (Lipinski definition) is 4. The van der Waals surface area contributed by atoms with Crippen molar-refractivity contribution in [3.05, 3.63) is 56.1 Å². The number of benzene rings is 1. The van der Waals surface area contributed by atoms with Crippen LogP contribution in [0.4, 0.5) is 0 Å². The molecule has 0 saturated carbocycles.